The van der Waals surface area contributed by atoms with Gasteiger partial charge < -0.3 is 20.5 Å². The standard InChI is InChI=1S/C14H17F3N2O3/c15-14(16,17)8-22-11-3-1-2-9(4-11)6-19-13(21)12-5-10(20)7-18-12/h1-4,10,12,18,20H,5-8H2,(H,19,21)/t10-,12-/m1/s1. The summed E-state index contributed by atoms with van der Waals surface area (Å²) in [5.74, 6) is -0.156. The first-order valence-corrected chi connectivity index (χ1v) is 6.81. The summed E-state index contributed by atoms with van der Waals surface area (Å²) < 4.78 is 40.9. The molecule has 22 heavy (non-hydrogen) atoms. The molecule has 0 spiro atoms. The molecule has 1 fully saturated rings. The average molecular weight is 318 g/mol. The van der Waals surface area contributed by atoms with Gasteiger partial charge in [0.05, 0.1) is 12.1 Å². The maximum Gasteiger partial charge on any atom is 0.422 e. The molecule has 1 aliphatic rings. The second-order valence-corrected chi connectivity index (χ2v) is 5.12. The number of carbonyl (C=O) groups excluding carboxylic acids is 1. The van der Waals surface area contributed by atoms with E-state index in [1.165, 1.54) is 12.1 Å². The number of halogens is 3. The van der Waals surface area contributed by atoms with Gasteiger partial charge in [-0.05, 0) is 24.1 Å². The summed E-state index contributed by atoms with van der Waals surface area (Å²) in [6, 6.07) is 5.66. The van der Waals surface area contributed by atoms with Crippen molar-refractivity contribution >= 4 is 5.91 Å². The van der Waals surface area contributed by atoms with Gasteiger partial charge in [-0.1, -0.05) is 12.1 Å². The van der Waals surface area contributed by atoms with Crippen molar-refractivity contribution < 1.29 is 27.8 Å². The Labute approximate surface area is 125 Å². The number of carbonyl (C=O) groups is 1. The van der Waals surface area contributed by atoms with Gasteiger partial charge in [0.25, 0.3) is 0 Å². The molecule has 122 valence electrons. The summed E-state index contributed by atoms with van der Waals surface area (Å²) >= 11 is 0. The molecule has 2 rings (SSSR count). The Balaban J connectivity index is 1.84. The molecule has 1 aliphatic heterocycles. The number of nitrogens with one attached hydrogen (secondary N) is 2. The maximum absolute atomic E-state index is 12.1. The van der Waals surface area contributed by atoms with Gasteiger partial charge in [-0.25, -0.2) is 0 Å². The van der Waals surface area contributed by atoms with E-state index in [2.05, 4.69) is 15.4 Å². The number of rotatable bonds is 5. The highest BCUT2D eigenvalue weighted by Gasteiger charge is 2.29. The van der Waals surface area contributed by atoms with Crippen molar-refractivity contribution in [2.45, 2.75) is 31.3 Å². The zero-order valence-corrected chi connectivity index (χ0v) is 11.7. The largest absolute Gasteiger partial charge is 0.484 e. The van der Waals surface area contributed by atoms with E-state index < -0.39 is 24.9 Å². The first-order valence-electron chi connectivity index (χ1n) is 6.81. The average Bonchev–Trinajstić information content (AvgIpc) is 2.89. The highest BCUT2D eigenvalue weighted by atomic mass is 19.4. The summed E-state index contributed by atoms with van der Waals surface area (Å²) in [5.41, 5.74) is 0.631. The maximum atomic E-state index is 12.1. The van der Waals surface area contributed by atoms with Crippen LogP contribution in [-0.2, 0) is 11.3 Å². The van der Waals surface area contributed by atoms with Crippen molar-refractivity contribution in [1.82, 2.24) is 10.6 Å². The minimum Gasteiger partial charge on any atom is -0.484 e. The summed E-state index contributed by atoms with van der Waals surface area (Å²) in [7, 11) is 0. The van der Waals surface area contributed by atoms with Crippen LogP contribution in [0.15, 0.2) is 24.3 Å². The summed E-state index contributed by atoms with van der Waals surface area (Å²) in [6.07, 6.45) is -4.57. The Morgan fingerprint density at radius 3 is 2.86 bits per heavy atom. The lowest BCUT2D eigenvalue weighted by Crippen LogP contribution is -2.40. The molecule has 1 heterocycles. The van der Waals surface area contributed by atoms with E-state index in [0.29, 0.717) is 18.5 Å². The van der Waals surface area contributed by atoms with Crippen LogP contribution >= 0.6 is 0 Å². The predicted octanol–water partition coefficient (Wildman–Crippen LogP) is 0.967. The number of aliphatic hydroxyl groups excluding tert-OH is 1. The highest BCUT2D eigenvalue weighted by Crippen LogP contribution is 2.19. The molecule has 2 atom stereocenters. The number of ether oxygens (including phenoxy) is 1. The first-order chi connectivity index (χ1) is 10.3. The number of alkyl halides is 3. The second kappa shape index (κ2) is 6.97. The van der Waals surface area contributed by atoms with Gasteiger partial charge in [-0.15, -0.1) is 0 Å². The van der Waals surface area contributed by atoms with Crippen LogP contribution in [-0.4, -0.2) is 42.5 Å². The Bertz CT molecular complexity index is 522. The molecule has 0 aliphatic carbocycles. The molecule has 1 aromatic carbocycles. The summed E-state index contributed by atoms with van der Waals surface area (Å²) in [6.45, 7) is -0.804. The van der Waals surface area contributed by atoms with Crippen molar-refractivity contribution in [3.8, 4) is 5.75 Å². The molecule has 3 N–H and O–H groups in total. The third-order valence-corrected chi connectivity index (χ3v) is 3.19. The molecule has 0 aromatic heterocycles. The zero-order valence-electron chi connectivity index (χ0n) is 11.7. The lowest BCUT2D eigenvalue weighted by atomic mass is 10.1. The molecular weight excluding hydrogens is 301 g/mol. The van der Waals surface area contributed by atoms with Gasteiger partial charge in [-0.3, -0.25) is 4.79 Å². The van der Waals surface area contributed by atoms with E-state index in [4.69, 9.17) is 0 Å². The molecule has 1 saturated heterocycles. The van der Waals surface area contributed by atoms with Gasteiger partial charge in [0.15, 0.2) is 6.61 Å². The topological polar surface area (TPSA) is 70.6 Å². The van der Waals surface area contributed by atoms with Crippen LogP contribution in [0.1, 0.15) is 12.0 Å². The van der Waals surface area contributed by atoms with Crippen molar-refractivity contribution in [2.24, 2.45) is 0 Å². The van der Waals surface area contributed by atoms with Gasteiger partial charge >= 0.3 is 6.18 Å². The summed E-state index contributed by atoms with van der Waals surface area (Å²) in [4.78, 5) is 11.8. The molecule has 0 saturated carbocycles. The minimum atomic E-state index is -4.39. The molecule has 0 radical (unpaired) electrons. The molecule has 8 heteroatoms. The van der Waals surface area contributed by atoms with Crippen LogP contribution in [0.25, 0.3) is 0 Å². The molecular formula is C14H17F3N2O3. The van der Waals surface area contributed by atoms with E-state index in [-0.39, 0.29) is 18.2 Å². The molecule has 0 bridgehead atoms. The Hall–Kier alpha value is -1.80. The Morgan fingerprint density at radius 2 is 2.23 bits per heavy atom. The van der Waals surface area contributed by atoms with Crippen molar-refractivity contribution in [3.05, 3.63) is 29.8 Å². The third kappa shape index (κ3) is 5.19. The predicted molar refractivity (Wildman–Crippen MR) is 72.3 cm³/mol. The highest BCUT2D eigenvalue weighted by molar-refractivity contribution is 5.82. The smallest absolute Gasteiger partial charge is 0.422 e. The third-order valence-electron chi connectivity index (χ3n) is 3.19. The number of hydrogen-bond acceptors (Lipinski definition) is 4. The quantitative estimate of drug-likeness (QED) is 0.756. The summed E-state index contributed by atoms with van der Waals surface area (Å²) in [5, 5.41) is 14.9. The van der Waals surface area contributed by atoms with E-state index in [0.717, 1.165) is 0 Å². The fraction of sp³-hybridized carbons (Fsp3) is 0.500. The van der Waals surface area contributed by atoms with Gasteiger partial charge in [0, 0.05) is 13.1 Å². The van der Waals surface area contributed by atoms with Crippen LogP contribution in [0.4, 0.5) is 13.2 Å². The van der Waals surface area contributed by atoms with Crippen LogP contribution in [0.2, 0.25) is 0 Å². The van der Waals surface area contributed by atoms with Crippen LogP contribution in [0.3, 0.4) is 0 Å². The van der Waals surface area contributed by atoms with Gasteiger partial charge in [-0.2, -0.15) is 13.2 Å². The molecule has 1 aromatic rings. The fourth-order valence-corrected chi connectivity index (χ4v) is 2.14. The zero-order chi connectivity index (χ0) is 16.2. The number of benzene rings is 1. The van der Waals surface area contributed by atoms with Crippen LogP contribution in [0, 0.1) is 0 Å². The number of amides is 1. The van der Waals surface area contributed by atoms with E-state index >= 15 is 0 Å². The molecule has 0 unspecified atom stereocenters. The Morgan fingerprint density at radius 1 is 1.45 bits per heavy atom. The number of β-amino-alcohol motifs (C(OH)–C–C–N with tert-alkyl or cyclic N) is 1. The lowest BCUT2D eigenvalue weighted by Gasteiger charge is -2.12. The number of aliphatic hydroxyl groups is 1. The van der Waals surface area contributed by atoms with E-state index in [1.807, 2.05) is 0 Å². The Kier molecular flexibility index (Phi) is 5.25. The fourth-order valence-electron chi connectivity index (χ4n) is 2.14. The van der Waals surface area contributed by atoms with Gasteiger partial charge in [0.1, 0.15) is 5.75 Å². The SMILES string of the molecule is O=C(NCc1cccc(OCC(F)(F)F)c1)[C@H]1C[C@@H](O)CN1. The van der Waals surface area contributed by atoms with Crippen molar-refractivity contribution in [2.75, 3.05) is 13.2 Å². The minimum absolute atomic E-state index is 0.0958. The van der Waals surface area contributed by atoms with Crippen molar-refractivity contribution in [1.29, 1.82) is 0 Å². The van der Waals surface area contributed by atoms with E-state index in [9.17, 15) is 23.1 Å². The van der Waals surface area contributed by atoms with Gasteiger partial charge in [0.2, 0.25) is 5.91 Å². The normalized spacial score (nSPS) is 21.6. The second-order valence-electron chi connectivity index (χ2n) is 5.12. The molecule has 1 amide bonds. The van der Waals surface area contributed by atoms with Crippen LogP contribution in [0.5, 0.6) is 5.75 Å². The first kappa shape index (κ1) is 16.6. The van der Waals surface area contributed by atoms with E-state index in [1.54, 1.807) is 12.1 Å². The lowest BCUT2D eigenvalue weighted by molar-refractivity contribution is -0.153. The molecule has 5 nitrogen and oxygen atoms in total. The van der Waals surface area contributed by atoms with Crippen LogP contribution < -0.4 is 15.4 Å². The monoisotopic (exact) mass is 318 g/mol. The number of hydrogen-bond donors (Lipinski definition) is 3. The van der Waals surface area contributed by atoms with Crippen molar-refractivity contribution in [3.63, 3.8) is 0 Å².